The first-order chi connectivity index (χ1) is 8.26. The molecule has 3 N–H and O–H groups in total. The van der Waals surface area contributed by atoms with Crippen molar-refractivity contribution in [1.82, 2.24) is 20.2 Å². The number of nitrogens with one attached hydrogen (secondary N) is 1. The summed E-state index contributed by atoms with van der Waals surface area (Å²) in [5, 5.41) is 4.26. The van der Waals surface area contributed by atoms with Crippen LogP contribution < -0.4 is 11.3 Å². The molecule has 90 valence electrons. The molecule has 2 rings (SSSR count). The van der Waals surface area contributed by atoms with Crippen LogP contribution in [-0.2, 0) is 6.54 Å². The van der Waals surface area contributed by atoms with Crippen LogP contribution in [0, 0.1) is 6.92 Å². The fourth-order valence-corrected chi connectivity index (χ4v) is 1.88. The number of hydrazine groups is 1. The van der Waals surface area contributed by atoms with E-state index in [1.165, 1.54) is 0 Å². The van der Waals surface area contributed by atoms with E-state index < -0.39 is 0 Å². The van der Waals surface area contributed by atoms with Crippen LogP contribution in [0.25, 0.3) is 0 Å². The largest absolute Gasteiger partial charge is 0.273 e. The predicted octanol–water partition coefficient (Wildman–Crippen LogP) is 1.16. The van der Waals surface area contributed by atoms with Gasteiger partial charge in [-0.3, -0.25) is 15.5 Å². The van der Waals surface area contributed by atoms with Gasteiger partial charge in [0.2, 0.25) is 0 Å². The average Bonchev–Trinajstić information content (AvgIpc) is 2.81. The van der Waals surface area contributed by atoms with Crippen molar-refractivity contribution in [2.45, 2.75) is 26.4 Å². The lowest BCUT2D eigenvalue weighted by atomic mass is 9.99. The van der Waals surface area contributed by atoms with Crippen molar-refractivity contribution in [3.8, 4) is 0 Å². The standard InChI is InChI=1S/C12H17N5/c1-3-17-8-10(7-15-17)12(16-13)11-4-5-14-6-9(11)2/h4-8,12,16H,3,13H2,1-2H3. The molecular formula is C12H17N5. The summed E-state index contributed by atoms with van der Waals surface area (Å²) in [4.78, 5) is 4.09. The van der Waals surface area contributed by atoms with Gasteiger partial charge in [-0.25, -0.2) is 5.43 Å². The smallest absolute Gasteiger partial charge is 0.0744 e. The second kappa shape index (κ2) is 5.07. The van der Waals surface area contributed by atoms with Crippen molar-refractivity contribution < 1.29 is 0 Å². The number of nitrogens with zero attached hydrogens (tertiary/aromatic N) is 3. The second-order valence-corrected chi connectivity index (χ2v) is 3.96. The van der Waals surface area contributed by atoms with E-state index in [2.05, 4.69) is 22.4 Å². The molecular weight excluding hydrogens is 214 g/mol. The molecule has 17 heavy (non-hydrogen) atoms. The Hall–Kier alpha value is -1.72. The Labute approximate surface area is 101 Å². The minimum absolute atomic E-state index is 0.0432. The zero-order chi connectivity index (χ0) is 12.3. The Bertz CT molecular complexity index is 491. The van der Waals surface area contributed by atoms with Crippen LogP contribution >= 0.6 is 0 Å². The van der Waals surface area contributed by atoms with Crippen molar-refractivity contribution >= 4 is 0 Å². The third kappa shape index (κ3) is 2.35. The summed E-state index contributed by atoms with van der Waals surface area (Å²) < 4.78 is 1.89. The fourth-order valence-electron chi connectivity index (χ4n) is 1.88. The van der Waals surface area contributed by atoms with E-state index in [1.807, 2.05) is 36.3 Å². The van der Waals surface area contributed by atoms with Crippen LogP contribution in [0.5, 0.6) is 0 Å². The van der Waals surface area contributed by atoms with Crippen LogP contribution in [0.4, 0.5) is 0 Å². The monoisotopic (exact) mass is 231 g/mol. The molecule has 0 aromatic carbocycles. The van der Waals surface area contributed by atoms with E-state index in [1.54, 1.807) is 6.20 Å². The van der Waals surface area contributed by atoms with Crippen molar-refractivity contribution in [3.63, 3.8) is 0 Å². The van der Waals surface area contributed by atoms with Gasteiger partial charge < -0.3 is 0 Å². The molecule has 0 aliphatic rings. The molecule has 5 nitrogen and oxygen atoms in total. The maximum absolute atomic E-state index is 5.65. The first kappa shape index (κ1) is 11.8. The number of nitrogens with two attached hydrogens (primary N) is 1. The summed E-state index contributed by atoms with van der Waals surface area (Å²) in [6.07, 6.45) is 7.46. The summed E-state index contributed by atoms with van der Waals surface area (Å²) in [7, 11) is 0. The summed E-state index contributed by atoms with van der Waals surface area (Å²) >= 11 is 0. The van der Waals surface area contributed by atoms with Crippen LogP contribution in [-0.4, -0.2) is 14.8 Å². The lowest BCUT2D eigenvalue weighted by molar-refractivity contribution is 0.627. The molecule has 2 aromatic heterocycles. The molecule has 0 saturated heterocycles. The van der Waals surface area contributed by atoms with E-state index in [0.29, 0.717) is 0 Å². The molecule has 1 unspecified atom stereocenters. The summed E-state index contributed by atoms with van der Waals surface area (Å²) in [5.74, 6) is 5.65. The third-order valence-electron chi connectivity index (χ3n) is 2.85. The predicted molar refractivity (Wildman–Crippen MR) is 66.0 cm³/mol. The van der Waals surface area contributed by atoms with Crippen molar-refractivity contribution in [1.29, 1.82) is 0 Å². The van der Waals surface area contributed by atoms with Crippen molar-refractivity contribution in [2.75, 3.05) is 0 Å². The topological polar surface area (TPSA) is 68.8 Å². The van der Waals surface area contributed by atoms with Crippen LogP contribution in [0.1, 0.15) is 29.7 Å². The van der Waals surface area contributed by atoms with Gasteiger partial charge in [0.25, 0.3) is 0 Å². The van der Waals surface area contributed by atoms with Gasteiger partial charge in [0.05, 0.1) is 12.2 Å². The van der Waals surface area contributed by atoms with Gasteiger partial charge in [-0.2, -0.15) is 5.10 Å². The molecule has 0 amide bonds. The first-order valence-electron chi connectivity index (χ1n) is 5.65. The molecule has 0 spiro atoms. The lowest BCUT2D eigenvalue weighted by Gasteiger charge is -2.16. The lowest BCUT2D eigenvalue weighted by Crippen LogP contribution is -2.29. The van der Waals surface area contributed by atoms with Crippen LogP contribution in [0.3, 0.4) is 0 Å². The second-order valence-electron chi connectivity index (χ2n) is 3.96. The number of hydrogen-bond acceptors (Lipinski definition) is 4. The minimum atomic E-state index is -0.0432. The highest BCUT2D eigenvalue weighted by atomic mass is 15.3. The van der Waals surface area contributed by atoms with E-state index in [9.17, 15) is 0 Å². The van der Waals surface area contributed by atoms with E-state index in [4.69, 9.17) is 5.84 Å². The molecule has 0 saturated carbocycles. The number of aryl methyl sites for hydroxylation is 2. The molecule has 0 fully saturated rings. The number of rotatable bonds is 4. The Morgan fingerprint density at radius 1 is 1.47 bits per heavy atom. The van der Waals surface area contributed by atoms with E-state index in [0.717, 1.165) is 23.2 Å². The number of pyridine rings is 1. The highest BCUT2D eigenvalue weighted by Gasteiger charge is 2.16. The summed E-state index contributed by atoms with van der Waals surface area (Å²) in [6, 6.07) is 1.93. The summed E-state index contributed by atoms with van der Waals surface area (Å²) in [5.41, 5.74) is 6.12. The van der Waals surface area contributed by atoms with Gasteiger partial charge in [-0.05, 0) is 31.0 Å². The summed E-state index contributed by atoms with van der Waals surface area (Å²) in [6.45, 7) is 4.93. The Kier molecular flexibility index (Phi) is 3.51. The van der Waals surface area contributed by atoms with Gasteiger partial charge in [-0.15, -0.1) is 0 Å². The number of aromatic nitrogens is 3. The van der Waals surface area contributed by atoms with Crippen LogP contribution in [0.15, 0.2) is 30.9 Å². The fraction of sp³-hybridized carbons (Fsp3) is 0.333. The van der Waals surface area contributed by atoms with Crippen molar-refractivity contribution in [2.24, 2.45) is 5.84 Å². The van der Waals surface area contributed by atoms with Gasteiger partial charge in [0, 0.05) is 30.7 Å². The Morgan fingerprint density at radius 2 is 2.29 bits per heavy atom. The zero-order valence-electron chi connectivity index (χ0n) is 10.1. The molecule has 2 heterocycles. The molecule has 5 heteroatoms. The quantitative estimate of drug-likeness (QED) is 0.612. The minimum Gasteiger partial charge on any atom is -0.273 e. The van der Waals surface area contributed by atoms with Crippen molar-refractivity contribution in [3.05, 3.63) is 47.5 Å². The normalized spacial score (nSPS) is 12.6. The average molecular weight is 231 g/mol. The third-order valence-corrected chi connectivity index (χ3v) is 2.85. The molecule has 0 aliphatic heterocycles. The maximum atomic E-state index is 5.65. The first-order valence-corrected chi connectivity index (χ1v) is 5.65. The molecule has 0 bridgehead atoms. The van der Waals surface area contributed by atoms with Gasteiger partial charge in [0.15, 0.2) is 0 Å². The molecule has 0 aliphatic carbocycles. The SMILES string of the molecule is CCn1cc(C(NN)c2ccncc2C)cn1. The van der Waals surface area contributed by atoms with E-state index in [-0.39, 0.29) is 6.04 Å². The zero-order valence-corrected chi connectivity index (χ0v) is 10.1. The Morgan fingerprint density at radius 3 is 2.88 bits per heavy atom. The highest BCUT2D eigenvalue weighted by Crippen LogP contribution is 2.22. The molecule has 2 aromatic rings. The van der Waals surface area contributed by atoms with E-state index >= 15 is 0 Å². The van der Waals surface area contributed by atoms with Crippen LogP contribution in [0.2, 0.25) is 0 Å². The van der Waals surface area contributed by atoms with Gasteiger partial charge >= 0.3 is 0 Å². The highest BCUT2D eigenvalue weighted by molar-refractivity contribution is 5.32. The van der Waals surface area contributed by atoms with Gasteiger partial charge in [-0.1, -0.05) is 0 Å². The number of hydrogen-bond donors (Lipinski definition) is 2. The van der Waals surface area contributed by atoms with Gasteiger partial charge in [0.1, 0.15) is 0 Å². The maximum Gasteiger partial charge on any atom is 0.0744 e. The Balaban J connectivity index is 2.36. The molecule has 1 atom stereocenters. The molecule has 0 radical (unpaired) electrons.